The molecule has 0 bridgehead atoms. The highest BCUT2D eigenvalue weighted by atomic mass is 16.6. The summed E-state index contributed by atoms with van der Waals surface area (Å²) in [4.78, 5) is 27.7. The Morgan fingerprint density at radius 3 is 2.29 bits per heavy atom. The Morgan fingerprint density at radius 1 is 1.09 bits per heavy atom. The number of hydrogen-bond donors (Lipinski definition) is 2. The molecule has 2 N–H and O–H groups in total. The molecule has 1 aromatic carbocycles. The number of benzene rings is 1. The van der Waals surface area contributed by atoms with Gasteiger partial charge in [0.15, 0.2) is 0 Å². The summed E-state index contributed by atoms with van der Waals surface area (Å²) < 4.78 is 11.4. The van der Waals surface area contributed by atoms with Gasteiger partial charge in [-0.05, 0) is 88.7 Å². The lowest BCUT2D eigenvalue weighted by molar-refractivity contribution is -0.137. The summed E-state index contributed by atoms with van der Waals surface area (Å²) in [7, 11) is 1.86. The summed E-state index contributed by atoms with van der Waals surface area (Å²) in [5.41, 5.74) is 1.31. The lowest BCUT2D eigenvalue weighted by Gasteiger charge is -2.40. The van der Waals surface area contributed by atoms with Gasteiger partial charge in [-0.1, -0.05) is 24.3 Å². The van der Waals surface area contributed by atoms with E-state index in [-0.39, 0.29) is 24.5 Å². The van der Waals surface area contributed by atoms with Crippen molar-refractivity contribution in [1.82, 2.24) is 10.2 Å². The first-order valence-electron chi connectivity index (χ1n) is 12.7. The Morgan fingerprint density at radius 2 is 1.74 bits per heavy atom. The third-order valence-corrected chi connectivity index (χ3v) is 7.17. The van der Waals surface area contributed by atoms with Crippen LogP contribution in [0.25, 0.3) is 0 Å². The Kier molecular flexibility index (Phi) is 9.37. The molecule has 0 unspecified atom stereocenters. The molecule has 0 aliphatic heterocycles. The number of ether oxygens (including phenoxy) is 2. The number of alkyl carbamates (subject to hydrolysis) is 1. The molecule has 0 aromatic heterocycles. The van der Waals surface area contributed by atoms with Crippen molar-refractivity contribution >= 4 is 12.0 Å². The molecule has 0 saturated heterocycles. The number of hydrogen-bond acceptors (Lipinski definition) is 5. The van der Waals surface area contributed by atoms with Crippen LogP contribution in [0.3, 0.4) is 0 Å². The summed E-state index contributed by atoms with van der Waals surface area (Å²) in [6.45, 7) is 6.65. The van der Waals surface area contributed by atoms with Crippen molar-refractivity contribution in [3.05, 3.63) is 35.4 Å². The van der Waals surface area contributed by atoms with Gasteiger partial charge in [-0.25, -0.2) is 4.79 Å². The van der Waals surface area contributed by atoms with Gasteiger partial charge in [0.25, 0.3) is 0 Å². The number of carbonyl (C=O) groups excluding carboxylic acids is 2. The SMILES string of the molecule is CN(C(=O)[C@@H](NC(=O)OC(C)(C)C)[C@H]1CC[C@H](COCc2ccccc2CO)CC1)C1CCC1. The molecular formula is C27H42N2O5. The summed E-state index contributed by atoms with van der Waals surface area (Å²) in [5.74, 6) is 0.518. The maximum absolute atomic E-state index is 13.4. The van der Waals surface area contributed by atoms with Gasteiger partial charge in [-0.2, -0.15) is 0 Å². The van der Waals surface area contributed by atoms with Crippen molar-refractivity contribution in [2.24, 2.45) is 11.8 Å². The quantitative estimate of drug-likeness (QED) is 0.554. The average molecular weight is 475 g/mol. The van der Waals surface area contributed by atoms with E-state index < -0.39 is 17.7 Å². The monoisotopic (exact) mass is 474 g/mol. The molecule has 2 aliphatic carbocycles. The Labute approximate surface area is 204 Å². The number of aliphatic hydroxyl groups is 1. The summed E-state index contributed by atoms with van der Waals surface area (Å²) >= 11 is 0. The van der Waals surface area contributed by atoms with Crippen molar-refractivity contribution in [2.45, 2.75) is 96.6 Å². The third-order valence-electron chi connectivity index (χ3n) is 7.17. The van der Waals surface area contributed by atoms with Gasteiger partial charge in [0, 0.05) is 19.7 Å². The second-order valence-corrected chi connectivity index (χ2v) is 10.9. The van der Waals surface area contributed by atoms with Gasteiger partial charge in [-0.3, -0.25) is 4.79 Å². The molecule has 1 atom stereocenters. The highest BCUT2D eigenvalue weighted by Crippen LogP contribution is 2.33. The molecular weight excluding hydrogens is 432 g/mol. The second kappa shape index (κ2) is 12.0. The minimum Gasteiger partial charge on any atom is -0.444 e. The van der Waals surface area contributed by atoms with Crippen LogP contribution in [0.1, 0.15) is 76.8 Å². The largest absolute Gasteiger partial charge is 0.444 e. The van der Waals surface area contributed by atoms with Crippen LogP contribution in [0.5, 0.6) is 0 Å². The predicted octanol–water partition coefficient (Wildman–Crippen LogP) is 4.41. The number of likely N-dealkylation sites (N-methyl/N-ethyl adjacent to an activating group) is 1. The number of rotatable bonds is 9. The van der Waals surface area contributed by atoms with Crippen LogP contribution in [0.2, 0.25) is 0 Å². The summed E-state index contributed by atoms with van der Waals surface area (Å²) in [6, 6.07) is 7.50. The second-order valence-electron chi connectivity index (χ2n) is 10.9. The molecule has 0 heterocycles. The van der Waals surface area contributed by atoms with Gasteiger partial charge in [-0.15, -0.1) is 0 Å². The lowest BCUT2D eigenvalue weighted by atomic mass is 9.78. The molecule has 7 heteroatoms. The normalized spacial score (nSPS) is 21.9. The molecule has 2 amide bonds. The van der Waals surface area contributed by atoms with Gasteiger partial charge in [0.1, 0.15) is 11.6 Å². The minimum atomic E-state index is -0.610. The standard InChI is InChI=1S/C27H42N2O5/c1-27(2,3)34-26(32)28-24(25(31)29(4)23-10-7-11-23)20-14-12-19(13-15-20)17-33-18-22-9-6-5-8-21(22)16-30/h5-6,8-9,19-20,23-24,30H,7,10-18H2,1-4H3,(H,28,32)/t19-,20-,24-/m0/s1. The maximum atomic E-state index is 13.4. The average Bonchev–Trinajstić information content (AvgIpc) is 2.75. The van der Waals surface area contributed by atoms with E-state index in [0.717, 1.165) is 56.1 Å². The van der Waals surface area contributed by atoms with Gasteiger partial charge in [0.2, 0.25) is 5.91 Å². The minimum absolute atomic E-state index is 0.00382. The number of amides is 2. The van der Waals surface area contributed by atoms with Crippen LogP contribution in [0, 0.1) is 11.8 Å². The van der Waals surface area contributed by atoms with E-state index in [1.165, 1.54) is 0 Å². The van der Waals surface area contributed by atoms with E-state index in [0.29, 0.717) is 19.1 Å². The molecule has 0 spiro atoms. The first-order chi connectivity index (χ1) is 16.2. The van der Waals surface area contributed by atoms with Gasteiger partial charge < -0.3 is 24.8 Å². The predicted molar refractivity (Wildman–Crippen MR) is 131 cm³/mol. The van der Waals surface area contributed by atoms with E-state index >= 15 is 0 Å². The highest BCUT2D eigenvalue weighted by molar-refractivity contribution is 5.86. The van der Waals surface area contributed by atoms with Gasteiger partial charge in [0.05, 0.1) is 13.2 Å². The zero-order valence-corrected chi connectivity index (χ0v) is 21.2. The van der Waals surface area contributed by atoms with E-state index in [2.05, 4.69) is 5.32 Å². The first kappa shape index (κ1) is 26.5. The van der Waals surface area contributed by atoms with Crippen molar-refractivity contribution < 1.29 is 24.2 Å². The van der Waals surface area contributed by atoms with Crippen LogP contribution >= 0.6 is 0 Å². The molecule has 190 valence electrons. The third kappa shape index (κ3) is 7.44. The highest BCUT2D eigenvalue weighted by Gasteiger charge is 2.38. The zero-order chi connectivity index (χ0) is 24.7. The fraction of sp³-hybridized carbons (Fsp3) is 0.704. The van der Waals surface area contributed by atoms with E-state index in [9.17, 15) is 14.7 Å². The number of carbonyl (C=O) groups is 2. The molecule has 34 heavy (non-hydrogen) atoms. The van der Waals surface area contributed by atoms with Crippen molar-refractivity contribution in [2.75, 3.05) is 13.7 Å². The molecule has 2 aliphatic rings. The molecule has 7 nitrogen and oxygen atoms in total. The van der Waals surface area contributed by atoms with E-state index in [4.69, 9.17) is 9.47 Å². The van der Waals surface area contributed by atoms with Crippen LogP contribution in [0.4, 0.5) is 4.79 Å². The van der Waals surface area contributed by atoms with E-state index in [1.807, 2.05) is 57.0 Å². The van der Waals surface area contributed by atoms with Gasteiger partial charge >= 0.3 is 6.09 Å². The molecule has 2 saturated carbocycles. The molecule has 0 radical (unpaired) electrons. The molecule has 2 fully saturated rings. The van der Waals surface area contributed by atoms with E-state index in [1.54, 1.807) is 0 Å². The summed E-state index contributed by atoms with van der Waals surface area (Å²) in [5, 5.41) is 12.4. The number of aliphatic hydroxyl groups excluding tert-OH is 1. The van der Waals surface area contributed by atoms with Crippen molar-refractivity contribution in [3.8, 4) is 0 Å². The zero-order valence-electron chi connectivity index (χ0n) is 21.2. The van der Waals surface area contributed by atoms with Crippen LogP contribution in [0.15, 0.2) is 24.3 Å². The number of nitrogens with zero attached hydrogens (tertiary/aromatic N) is 1. The van der Waals surface area contributed by atoms with Crippen molar-refractivity contribution in [3.63, 3.8) is 0 Å². The molecule has 1 aromatic rings. The first-order valence-corrected chi connectivity index (χ1v) is 12.7. The van der Waals surface area contributed by atoms with Crippen molar-refractivity contribution in [1.29, 1.82) is 0 Å². The van der Waals surface area contributed by atoms with Crippen LogP contribution in [-0.2, 0) is 27.5 Å². The number of nitrogens with one attached hydrogen (secondary N) is 1. The van der Waals surface area contributed by atoms with Crippen LogP contribution < -0.4 is 5.32 Å². The van der Waals surface area contributed by atoms with Crippen LogP contribution in [-0.4, -0.2) is 53.3 Å². The molecule has 3 rings (SSSR count). The fourth-order valence-electron chi connectivity index (χ4n) is 4.87. The maximum Gasteiger partial charge on any atom is 0.408 e. The topological polar surface area (TPSA) is 88.1 Å². The Hall–Kier alpha value is -2.12. The Bertz CT molecular complexity index is 809. The Balaban J connectivity index is 1.54. The summed E-state index contributed by atoms with van der Waals surface area (Å²) in [6.07, 6.45) is 6.34. The fourth-order valence-corrected chi connectivity index (χ4v) is 4.87. The lowest BCUT2D eigenvalue weighted by Crippen LogP contribution is -2.55. The smallest absolute Gasteiger partial charge is 0.408 e.